The van der Waals surface area contributed by atoms with Gasteiger partial charge in [0.1, 0.15) is 11.6 Å². The minimum absolute atomic E-state index is 0.0163. The van der Waals surface area contributed by atoms with Crippen LogP contribution in [0.15, 0.2) is 42.0 Å². The molecule has 10 nitrogen and oxygen atoms in total. The number of aliphatic carboxylic acids is 1. The summed E-state index contributed by atoms with van der Waals surface area (Å²) in [5.41, 5.74) is -0.0534. The van der Waals surface area contributed by atoms with E-state index in [0.717, 1.165) is 6.07 Å². The zero-order chi connectivity index (χ0) is 23.0. The van der Waals surface area contributed by atoms with E-state index in [9.17, 15) is 25.0 Å². The Labute approximate surface area is 181 Å². The van der Waals surface area contributed by atoms with Crippen molar-refractivity contribution in [3.8, 4) is 17.6 Å². The summed E-state index contributed by atoms with van der Waals surface area (Å²) in [5.74, 6) is -1.84. The van der Waals surface area contributed by atoms with Gasteiger partial charge in [-0.3, -0.25) is 14.9 Å². The quantitative estimate of drug-likeness (QED) is 0.257. The number of amides is 1. The van der Waals surface area contributed by atoms with Gasteiger partial charge in [-0.2, -0.15) is 5.26 Å². The lowest BCUT2D eigenvalue weighted by molar-refractivity contribution is -0.384. The molecule has 0 saturated carbocycles. The third kappa shape index (κ3) is 6.45. The number of nitro benzene ring substituents is 1. The van der Waals surface area contributed by atoms with Crippen LogP contribution in [0, 0.1) is 21.4 Å². The number of nitriles is 1. The molecule has 2 aromatic carbocycles. The van der Waals surface area contributed by atoms with E-state index in [2.05, 4.69) is 5.32 Å². The molecule has 0 bridgehead atoms. The summed E-state index contributed by atoms with van der Waals surface area (Å²) in [7, 11) is 0. The molecule has 0 aliphatic rings. The molecule has 2 rings (SSSR count). The minimum atomic E-state index is -1.20. The largest absolute Gasteiger partial charge is 0.490 e. The highest BCUT2D eigenvalue weighted by Gasteiger charge is 2.16. The second kappa shape index (κ2) is 10.6. The van der Waals surface area contributed by atoms with Gasteiger partial charge in [0.2, 0.25) is 0 Å². The summed E-state index contributed by atoms with van der Waals surface area (Å²) >= 11 is 6.16. The molecular formula is C20H16ClN3O7. The lowest BCUT2D eigenvalue weighted by atomic mass is 10.1. The monoisotopic (exact) mass is 445 g/mol. The van der Waals surface area contributed by atoms with Crippen molar-refractivity contribution in [3.05, 3.63) is 62.7 Å². The first kappa shape index (κ1) is 23.2. The van der Waals surface area contributed by atoms with Gasteiger partial charge in [-0.15, -0.1) is 0 Å². The predicted octanol–water partition coefficient (Wildman–Crippen LogP) is 3.66. The fourth-order valence-electron chi connectivity index (χ4n) is 2.42. The first-order chi connectivity index (χ1) is 14.7. The summed E-state index contributed by atoms with van der Waals surface area (Å²) in [4.78, 5) is 33.4. The number of anilines is 1. The van der Waals surface area contributed by atoms with Gasteiger partial charge < -0.3 is 19.9 Å². The summed E-state index contributed by atoms with van der Waals surface area (Å²) in [6.45, 7) is 1.29. The molecule has 0 atom stereocenters. The highest BCUT2D eigenvalue weighted by Crippen LogP contribution is 2.37. The topological polar surface area (TPSA) is 152 Å². The SMILES string of the molecule is CCOc1cc(/C=C(\C#N)C(=O)Nc2cccc([N+](=O)[O-])c2)cc(Cl)c1OCC(=O)O. The van der Waals surface area contributed by atoms with Gasteiger partial charge in [0.25, 0.3) is 11.6 Å². The third-order valence-electron chi connectivity index (χ3n) is 3.66. The van der Waals surface area contributed by atoms with E-state index in [4.69, 9.17) is 26.2 Å². The number of carbonyl (C=O) groups excluding carboxylic acids is 1. The van der Waals surface area contributed by atoms with Gasteiger partial charge in [0.05, 0.1) is 16.6 Å². The molecule has 11 heteroatoms. The van der Waals surface area contributed by atoms with Crippen molar-refractivity contribution in [1.29, 1.82) is 5.26 Å². The molecule has 31 heavy (non-hydrogen) atoms. The van der Waals surface area contributed by atoms with Crippen LogP contribution in [0.3, 0.4) is 0 Å². The maximum atomic E-state index is 12.4. The van der Waals surface area contributed by atoms with E-state index < -0.39 is 23.4 Å². The molecule has 0 aromatic heterocycles. The number of hydrogen-bond acceptors (Lipinski definition) is 7. The van der Waals surface area contributed by atoms with E-state index in [1.165, 1.54) is 36.4 Å². The summed E-state index contributed by atoms with van der Waals surface area (Å²) < 4.78 is 10.6. The standard InChI is InChI=1S/C20H16ClN3O7/c1-2-30-17-8-12(7-16(21)19(17)31-11-18(25)26)6-13(10-22)20(27)23-14-4-3-5-15(9-14)24(28)29/h3-9H,2,11H2,1H3,(H,23,27)(H,25,26)/b13-6+. The number of halogens is 1. The fraction of sp³-hybridized carbons (Fsp3) is 0.150. The molecule has 0 unspecified atom stereocenters. The second-order valence-electron chi connectivity index (χ2n) is 5.88. The van der Waals surface area contributed by atoms with E-state index in [1.54, 1.807) is 13.0 Å². The van der Waals surface area contributed by atoms with E-state index in [1.807, 2.05) is 0 Å². The zero-order valence-electron chi connectivity index (χ0n) is 16.1. The van der Waals surface area contributed by atoms with Crippen LogP contribution in [0.4, 0.5) is 11.4 Å². The van der Waals surface area contributed by atoms with Crippen molar-refractivity contribution in [3.63, 3.8) is 0 Å². The first-order valence-electron chi connectivity index (χ1n) is 8.73. The number of carboxylic acids is 1. The smallest absolute Gasteiger partial charge is 0.341 e. The average Bonchev–Trinajstić information content (AvgIpc) is 2.71. The molecule has 0 heterocycles. The van der Waals surface area contributed by atoms with Crippen molar-refractivity contribution in [2.75, 3.05) is 18.5 Å². The number of carboxylic acid groups (broad SMARTS) is 1. The first-order valence-corrected chi connectivity index (χ1v) is 9.11. The highest BCUT2D eigenvalue weighted by atomic mass is 35.5. The molecule has 0 saturated heterocycles. The maximum absolute atomic E-state index is 12.4. The Morgan fingerprint density at radius 1 is 1.32 bits per heavy atom. The number of nitrogens with zero attached hydrogens (tertiary/aromatic N) is 2. The van der Waals surface area contributed by atoms with Gasteiger partial charge in [0, 0.05) is 17.8 Å². The molecule has 160 valence electrons. The van der Waals surface area contributed by atoms with Crippen LogP contribution in [0.1, 0.15) is 12.5 Å². The van der Waals surface area contributed by atoms with Crippen LogP contribution in [0.5, 0.6) is 11.5 Å². The Bertz CT molecular complexity index is 1090. The number of ether oxygens (including phenoxy) is 2. The highest BCUT2D eigenvalue weighted by molar-refractivity contribution is 6.32. The Balaban J connectivity index is 2.33. The lowest BCUT2D eigenvalue weighted by Crippen LogP contribution is -2.13. The zero-order valence-corrected chi connectivity index (χ0v) is 16.9. The van der Waals surface area contributed by atoms with Crippen LogP contribution in [-0.2, 0) is 9.59 Å². The molecule has 0 aliphatic carbocycles. The third-order valence-corrected chi connectivity index (χ3v) is 3.94. The van der Waals surface area contributed by atoms with Gasteiger partial charge in [-0.25, -0.2) is 4.79 Å². The van der Waals surface area contributed by atoms with Crippen LogP contribution in [-0.4, -0.2) is 35.1 Å². The van der Waals surface area contributed by atoms with Crippen LogP contribution >= 0.6 is 11.6 Å². The summed E-state index contributed by atoms with van der Waals surface area (Å²) in [5, 5.41) is 31.5. The van der Waals surface area contributed by atoms with Crippen molar-refractivity contribution in [1.82, 2.24) is 0 Å². The summed E-state index contributed by atoms with van der Waals surface area (Å²) in [6, 6.07) is 9.83. The van der Waals surface area contributed by atoms with Crippen molar-refractivity contribution in [2.45, 2.75) is 6.92 Å². The van der Waals surface area contributed by atoms with Gasteiger partial charge in [-0.1, -0.05) is 17.7 Å². The number of nitro groups is 1. The average molecular weight is 446 g/mol. The van der Waals surface area contributed by atoms with Gasteiger partial charge >= 0.3 is 5.97 Å². The van der Waals surface area contributed by atoms with Crippen molar-refractivity contribution in [2.24, 2.45) is 0 Å². The van der Waals surface area contributed by atoms with Crippen LogP contribution in [0.2, 0.25) is 5.02 Å². The number of nitrogens with one attached hydrogen (secondary N) is 1. The summed E-state index contributed by atoms with van der Waals surface area (Å²) in [6.07, 6.45) is 1.24. The minimum Gasteiger partial charge on any atom is -0.490 e. The molecule has 2 aromatic rings. The normalized spacial score (nSPS) is 10.7. The van der Waals surface area contributed by atoms with Crippen molar-refractivity contribution >= 4 is 40.9 Å². The molecule has 2 N–H and O–H groups in total. The molecule has 0 radical (unpaired) electrons. The second-order valence-corrected chi connectivity index (χ2v) is 6.28. The Morgan fingerprint density at radius 3 is 2.68 bits per heavy atom. The van der Waals surface area contributed by atoms with Gasteiger partial charge in [-0.05, 0) is 36.8 Å². The molecular weight excluding hydrogens is 430 g/mol. The number of rotatable bonds is 9. The molecule has 1 amide bonds. The number of carbonyl (C=O) groups is 2. The fourth-order valence-corrected chi connectivity index (χ4v) is 2.69. The molecule has 0 fully saturated rings. The van der Waals surface area contributed by atoms with Crippen molar-refractivity contribution < 1.29 is 29.1 Å². The van der Waals surface area contributed by atoms with E-state index >= 15 is 0 Å². The number of non-ortho nitro benzene ring substituents is 1. The maximum Gasteiger partial charge on any atom is 0.341 e. The molecule has 0 spiro atoms. The Hall–Kier alpha value is -4.10. The predicted molar refractivity (Wildman–Crippen MR) is 111 cm³/mol. The molecule has 0 aliphatic heterocycles. The van der Waals surface area contributed by atoms with E-state index in [0.29, 0.717) is 5.56 Å². The van der Waals surface area contributed by atoms with Crippen LogP contribution in [0.25, 0.3) is 6.08 Å². The lowest BCUT2D eigenvalue weighted by Gasteiger charge is -2.13. The van der Waals surface area contributed by atoms with Gasteiger partial charge in [0.15, 0.2) is 18.1 Å². The Kier molecular flexibility index (Phi) is 7.94. The van der Waals surface area contributed by atoms with E-state index in [-0.39, 0.29) is 40.1 Å². The number of hydrogen-bond donors (Lipinski definition) is 2. The van der Waals surface area contributed by atoms with Crippen LogP contribution < -0.4 is 14.8 Å². The Morgan fingerprint density at radius 2 is 2.06 bits per heavy atom. The number of benzene rings is 2.